The molecule has 0 N–H and O–H groups in total. The maximum atomic E-state index is 13.6. The predicted octanol–water partition coefficient (Wildman–Crippen LogP) is 4.39. The van der Waals surface area contributed by atoms with Crippen molar-refractivity contribution in [3.63, 3.8) is 0 Å². The fraction of sp³-hybridized carbons (Fsp3) is 0.308. The first-order valence-corrected chi connectivity index (χ1v) is 7.64. The van der Waals surface area contributed by atoms with Gasteiger partial charge < -0.3 is 0 Å². The van der Waals surface area contributed by atoms with Crippen LogP contribution in [0, 0.1) is 11.3 Å². The number of nitriles is 1. The molecule has 1 rings (SSSR count). The molecule has 144 valence electrons. The predicted molar refractivity (Wildman–Crippen MR) is 69.8 cm³/mol. The molecule has 26 heavy (non-hydrogen) atoms. The van der Waals surface area contributed by atoms with Gasteiger partial charge in [0.15, 0.2) is 4.91 Å². The maximum absolute atomic E-state index is 13.6. The number of halogens is 9. The third-order valence-corrected chi connectivity index (χ3v) is 4.67. The van der Waals surface area contributed by atoms with E-state index in [2.05, 4.69) is 0 Å². The Hall–Kier alpha value is -2.23. The second-order valence-corrected chi connectivity index (χ2v) is 6.66. The summed E-state index contributed by atoms with van der Waals surface area (Å²) in [5.41, 5.74) is -0.283. The number of alkyl halides is 9. The highest BCUT2D eigenvalue weighted by molar-refractivity contribution is 7.96. The van der Waals surface area contributed by atoms with Crippen LogP contribution >= 0.6 is 0 Å². The van der Waals surface area contributed by atoms with Crippen LogP contribution in [0.3, 0.4) is 0 Å². The van der Waals surface area contributed by atoms with Crippen LogP contribution in [0.5, 0.6) is 0 Å². The Balaban J connectivity index is 3.59. The first-order valence-electron chi connectivity index (χ1n) is 6.15. The van der Waals surface area contributed by atoms with Crippen molar-refractivity contribution in [2.24, 2.45) is 0 Å². The Morgan fingerprint density at radius 2 is 1.35 bits per heavy atom. The average Bonchev–Trinajstić information content (AvgIpc) is 2.51. The lowest BCUT2D eigenvalue weighted by Gasteiger charge is -2.32. The van der Waals surface area contributed by atoms with Crippen LogP contribution in [0.1, 0.15) is 5.56 Å². The Kier molecular flexibility index (Phi) is 5.45. The first-order chi connectivity index (χ1) is 11.5. The zero-order valence-electron chi connectivity index (χ0n) is 12.0. The number of benzene rings is 1. The van der Waals surface area contributed by atoms with Crippen LogP contribution in [0.4, 0.5) is 39.5 Å². The fourth-order valence-electron chi connectivity index (χ4n) is 1.54. The number of sulfone groups is 1. The topological polar surface area (TPSA) is 57.9 Å². The van der Waals surface area contributed by atoms with Gasteiger partial charge >= 0.3 is 23.3 Å². The summed E-state index contributed by atoms with van der Waals surface area (Å²) >= 11 is 0. The lowest BCUT2D eigenvalue weighted by molar-refractivity contribution is -0.382. The van der Waals surface area contributed by atoms with Gasteiger partial charge in [-0.05, 0) is 11.6 Å². The molecule has 0 atom stereocenters. The second kappa shape index (κ2) is 6.49. The molecule has 0 bridgehead atoms. The van der Waals surface area contributed by atoms with E-state index in [1.165, 1.54) is 18.2 Å². The summed E-state index contributed by atoms with van der Waals surface area (Å²) in [5.74, 6) is -14.8. The fourth-order valence-corrected chi connectivity index (χ4v) is 2.69. The molecular weight excluding hydrogens is 405 g/mol. The second-order valence-electron chi connectivity index (χ2n) is 4.70. The summed E-state index contributed by atoms with van der Waals surface area (Å²) in [6, 6.07) is 6.47. The van der Waals surface area contributed by atoms with Crippen LogP contribution in [0.15, 0.2) is 35.2 Å². The molecule has 0 fully saturated rings. The summed E-state index contributed by atoms with van der Waals surface area (Å²) in [5, 5.41) is 1.69. The molecule has 0 radical (unpaired) electrons. The van der Waals surface area contributed by atoms with Crippen molar-refractivity contribution in [1.82, 2.24) is 0 Å². The zero-order chi connectivity index (χ0) is 20.6. The van der Waals surface area contributed by atoms with Gasteiger partial charge in [0.05, 0.1) is 0 Å². The number of hydrogen-bond acceptors (Lipinski definition) is 3. The number of hydrogen-bond donors (Lipinski definition) is 0. The minimum atomic E-state index is -7.39. The van der Waals surface area contributed by atoms with Crippen LogP contribution < -0.4 is 0 Å². The van der Waals surface area contributed by atoms with Crippen LogP contribution in [-0.2, 0) is 9.84 Å². The molecule has 0 aliphatic rings. The van der Waals surface area contributed by atoms with E-state index in [0.717, 1.165) is 12.1 Å². The van der Waals surface area contributed by atoms with E-state index in [9.17, 15) is 47.9 Å². The Labute approximate surface area is 140 Å². The van der Waals surface area contributed by atoms with E-state index in [0.29, 0.717) is 6.07 Å². The number of allylic oxidation sites excluding steroid dienone is 1. The highest BCUT2D eigenvalue weighted by Crippen LogP contribution is 2.55. The van der Waals surface area contributed by atoms with E-state index in [-0.39, 0.29) is 11.6 Å². The number of nitrogens with zero attached hydrogens (tertiary/aromatic N) is 1. The first kappa shape index (κ1) is 21.8. The van der Waals surface area contributed by atoms with Crippen LogP contribution in [-0.4, -0.2) is 31.7 Å². The van der Waals surface area contributed by atoms with E-state index < -0.39 is 38.0 Å². The van der Waals surface area contributed by atoms with Gasteiger partial charge in [0.2, 0.25) is 0 Å². The van der Waals surface area contributed by atoms with E-state index in [4.69, 9.17) is 5.26 Å². The standard InChI is InChI=1S/C13H6F9NO2S/c14-10(15,12(18,19)20)11(16,17)13(21,22)26(24,25)9(7-23)6-8-4-2-1-3-5-8/h1-6H/b9-6-. The van der Waals surface area contributed by atoms with E-state index in [1.807, 2.05) is 0 Å². The van der Waals surface area contributed by atoms with Crippen molar-refractivity contribution in [2.45, 2.75) is 23.3 Å². The Morgan fingerprint density at radius 3 is 1.73 bits per heavy atom. The highest BCUT2D eigenvalue weighted by atomic mass is 32.2. The molecule has 13 heteroatoms. The molecule has 0 saturated heterocycles. The van der Waals surface area contributed by atoms with Gasteiger partial charge in [-0.3, -0.25) is 0 Å². The molecule has 0 aromatic heterocycles. The summed E-state index contributed by atoms with van der Waals surface area (Å²) in [6.45, 7) is 0. The summed E-state index contributed by atoms with van der Waals surface area (Å²) in [6.07, 6.45) is -7.05. The molecule has 0 spiro atoms. The third kappa shape index (κ3) is 3.25. The smallest absolute Gasteiger partial charge is 0.216 e. The minimum Gasteiger partial charge on any atom is -0.216 e. The highest BCUT2D eigenvalue weighted by Gasteiger charge is 2.85. The molecule has 0 unspecified atom stereocenters. The van der Waals surface area contributed by atoms with Gasteiger partial charge in [0, 0.05) is 0 Å². The molecule has 0 aliphatic carbocycles. The van der Waals surface area contributed by atoms with Gasteiger partial charge in [0.1, 0.15) is 6.07 Å². The molecule has 0 aliphatic heterocycles. The van der Waals surface area contributed by atoms with E-state index >= 15 is 0 Å². The van der Waals surface area contributed by atoms with Crippen molar-refractivity contribution in [2.75, 3.05) is 0 Å². The summed E-state index contributed by atoms with van der Waals surface area (Å²) < 4.78 is 139. The third-order valence-electron chi connectivity index (χ3n) is 2.95. The lowest BCUT2D eigenvalue weighted by atomic mass is 10.1. The molecule has 1 aromatic rings. The normalized spacial score (nSPS) is 14.8. The monoisotopic (exact) mass is 411 g/mol. The molecule has 0 saturated carbocycles. The summed E-state index contributed by atoms with van der Waals surface area (Å²) in [4.78, 5) is -2.12. The van der Waals surface area contributed by atoms with Gasteiger partial charge in [0.25, 0.3) is 9.84 Å². The molecular formula is C13H6F9NO2S. The van der Waals surface area contributed by atoms with Crippen molar-refractivity contribution in [3.8, 4) is 6.07 Å². The Bertz CT molecular complexity index is 837. The molecule has 3 nitrogen and oxygen atoms in total. The minimum absolute atomic E-state index is 0.130. The molecule has 0 amide bonds. The SMILES string of the molecule is N#C/C(=C/c1ccccc1)S(=O)(=O)C(F)(F)C(F)(F)C(F)(F)C(F)(F)F. The number of rotatable bonds is 5. The average molecular weight is 411 g/mol. The summed E-state index contributed by atoms with van der Waals surface area (Å²) in [7, 11) is -6.91. The van der Waals surface area contributed by atoms with Crippen molar-refractivity contribution in [1.29, 1.82) is 5.26 Å². The van der Waals surface area contributed by atoms with Crippen LogP contribution in [0.25, 0.3) is 6.08 Å². The Morgan fingerprint density at radius 1 is 0.885 bits per heavy atom. The largest absolute Gasteiger partial charge is 0.460 e. The van der Waals surface area contributed by atoms with Gasteiger partial charge in [-0.2, -0.15) is 44.8 Å². The van der Waals surface area contributed by atoms with Crippen molar-refractivity contribution < 1.29 is 47.9 Å². The quantitative estimate of drug-likeness (QED) is 0.534. The molecule has 1 aromatic carbocycles. The van der Waals surface area contributed by atoms with Gasteiger partial charge in [-0.15, -0.1) is 0 Å². The zero-order valence-corrected chi connectivity index (χ0v) is 12.9. The van der Waals surface area contributed by atoms with E-state index in [1.54, 1.807) is 0 Å². The van der Waals surface area contributed by atoms with Gasteiger partial charge in [-0.1, -0.05) is 30.3 Å². The molecule has 0 heterocycles. The van der Waals surface area contributed by atoms with Gasteiger partial charge in [-0.25, -0.2) is 8.42 Å². The van der Waals surface area contributed by atoms with Crippen LogP contribution in [0.2, 0.25) is 0 Å². The van der Waals surface area contributed by atoms with Crippen molar-refractivity contribution >= 4 is 15.9 Å². The van der Waals surface area contributed by atoms with Crippen molar-refractivity contribution in [3.05, 3.63) is 40.8 Å². The lowest BCUT2D eigenvalue weighted by Crippen LogP contribution is -2.63. The maximum Gasteiger partial charge on any atom is 0.460 e.